The molecule has 0 saturated carbocycles. The van der Waals surface area contributed by atoms with E-state index in [1.54, 1.807) is 25.1 Å². The Morgan fingerprint density at radius 2 is 2.19 bits per heavy atom. The molecule has 0 spiro atoms. The van der Waals surface area contributed by atoms with Crippen molar-refractivity contribution in [2.75, 3.05) is 13.2 Å². The van der Waals surface area contributed by atoms with E-state index in [1.807, 2.05) is 4.90 Å². The van der Waals surface area contributed by atoms with Crippen LogP contribution in [-0.4, -0.2) is 35.0 Å². The Labute approximate surface area is 123 Å². The highest BCUT2D eigenvalue weighted by molar-refractivity contribution is 5.75. The predicted octanol–water partition coefficient (Wildman–Crippen LogP) is 2.51. The van der Waals surface area contributed by atoms with Crippen molar-refractivity contribution in [1.29, 1.82) is 0 Å². The molecule has 6 nitrogen and oxygen atoms in total. The number of para-hydroxylation sites is 1. The number of esters is 1. The Kier molecular flexibility index (Phi) is 5.27. The molecule has 21 heavy (non-hydrogen) atoms. The number of nitro groups is 1. The third-order valence-electron chi connectivity index (χ3n) is 3.73. The highest BCUT2D eigenvalue weighted by Gasteiger charge is 2.31. The third kappa shape index (κ3) is 3.78. The summed E-state index contributed by atoms with van der Waals surface area (Å²) in [6, 6.07) is 6.39. The van der Waals surface area contributed by atoms with Gasteiger partial charge in [0.25, 0.3) is 5.69 Å². The fraction of sp³-hybridized carbons (Fsp3) is 0.533. The Balaban J connectivity index is 2.16. The Morgan fingerprint density at radius 1 is 1.43 bits per heavy atom. The summed E-state index contributed by atoms with van der Waals surface area (Å²) in [5.41, 5.74) is 0.740. The van der Waals surface area contributed by atoms with Gasteiger partial charge in [0.2, 0.25) is 0 Å². The van der Waals surface area contributed by atoms with Crippen LogP contribution in [0.4, 0.5) is 5.69 Å². The summed E-state index contributed by atoms with van der Waals surface area (Å²) in [6.45, 7) is 3.30. The lowest BCUT2D eigenvalue weighted by Crippen LogP contribution is -2.45. The largest absolute Gasteiger partial charge is 0.465 e. The number of piperidine rings is 1. The first-order valence-electron chi connectivity index (χ1n) is 7.26. The molecule has 0 bridgehead atoms. The van der Waals surface area contributed by atoms with Crippen molar-refractivity contribution >= 4 is 11.7 Å². The van der Waals surface area contributed by atoms with Crippen molar-refractivity contribution in [2.24, 2.45) is 0 Å². The Morgan fingerprint density at radius 3 is 2.90 bits per heavy atom. The van der Waals surface area contributed by atoms with Crippen molar-refractivity contribution < 1.29 is 14.5 Å². The zero-order valence-electron chi connectivity index (χ0n) is 12.2. The van der Waals surface area contributed by atoms with Gasteiger partial charge in [-0.2, -0.15) is 0 Å². The number of nitro benzene ring substituents is 1. The molecule has 0 aliphatic carbocycles. The summed E-state index contributed by atoms with van der Waals surface area (Å²) in [5, 5.41) is 11.1. The van der Waals surface area contributed by atoms with Crippen molar-refractivity contribution in [3.05, 3.63) is 39.9 Å². The topological polar surface area (TPSA) is 72.7 Å². The number of benzene rings is 1. The van der Waals surface area contributed by atoms with Crippen molar-refractivity contribution in [2.45, 2.75) is 38.8 Å². The average Bonchev–Trinajstić information content (AvgIpc) is 2.48. The molecular formula is C15H20N2O4. The van der Waals surface area contributed by atoms with E-state index in [1.165, 1.54) is 6.07 Å². The Bertz CT molecular complexity index is 518. The van der Waals surface area contributed by atoms with Gasteiger partial charge in [0.15, 0.2) is 0 Å². The first-order chi connectivity index (χ1) is 10.1. The lowest BCUT2D eigenvalue weighted by Gasteiger charge is -2.33. The maximum Gasteiger partial charge on any atom is 0.323 e. The van der Waals surface area contributed by atoms with Gasteiger partial charge in [-0.25, -0.2) is 0 Å². The fourth-order valence-electron chi connectivity index (χ4n) is 2.73. The second-order valence-corrected chi connectivity index (χ2v) is 5.12. The van der Waals surface area contributed by atoms with E-state index < -0.39 is 0 Å². The standard InChI is InChI=1S/C15H20N2O4/c1-2-21-15(18)14-9-5-6-10-16(14)11-12-7-3-4-8-13(12)17(19)20/h3-4,7-8,14H,2,5-6,9-11H2,1H3/t14-/m0/s1. The van der Waals surface area contributed by atoms with Crippen LogP contribution in [0.2, 0.25) is 0 Å². The monoisotopic (exact) mass is 292 g/mol. The molecule has 0 amide bonds. The number of nitrogens with zero attached hydrogens (tertiary/aromatic N) is 2. The quantitative estimate of drug-likeness (QED) is 0.473. The Hall–Kier alpha value is -1.95. The van der Waals surface area contributed by atoms with Crippen LogP contribution in [0.3, 0.4) is 0 Å². The van der Waals surface area contributed by atoms with Crippen LogP contribution >= 0.6 is 0 Å². The first-order valence-corrected chi connectivity index (χ1v) is 7.26. The maximum atomic E-state index is 12.0. The van der Waals surface area contributed by atoms with E-state index in [4.69, 9.17) is 4.74 Å². The second kappa shape index (κ2) is 7.17. The van der Waals surface area contributed by atoms with E-state index >= 15 is 0 Å². The van der Waals surface area contributed by atoms with Gasteiger partial charge < -0.3 is 4.74 Å². The van der Waals surface area contributed by atoms with E-state index in [0.29, 0.717) is 18.7 Å². The number of rotatable bonds is 5. The molecule has 6 heteroatoms. The molecule has 1 aromatic rings. The first kappa shape index (κ1) is 15.4. The van der Waals surface area contributed by atoms with Gasteiger partial charge in [-0.15, -0.1) is 0 Å². The van der Waals surface area contributed by atoms with Crippen molar-refractivity contribution in [3.63, 3.8) is 0 Å². The summed E-state index contributed by atoms with van der Waals surface area (Å²) in [6.07, 6.45) is 2.73. The molecule has 2 rings (SSSR count). The smallest absolute Gasteiger partial charge is 0.323 e. The van der Waals surface area contributed by atoms with Crippen LogP contribution in [0.5, 0.6) is 0 Å². The summed E-state index contributed by atoms with van der Waals surface area (Å²) in [4.78, 5) is 24.7. The number of carbonyl (C=O) groups excluding carboxylic acids is 1. The minimum atomic E-state index is -0.376. The van der Waals surface area contributed by atoms with E-state index in [9.17, 15) is 14.9 Å². The zero-order chi connectivity index (χ0) is 15.2. The molecule has 0 radical (unpaired) electrons. The third-order valence-corrected chi connectivity index (χ3v) is 3.73. The van der Waals surface area contributed by atoms with Gasteiger partial charge in [0, 0.05) is 18.2 Å². The number of ether oxygens (including phenoxy) is 1. The normalized spacial score (nSPS) is 19.2. The van der Waals surface area contributed by atoms with Crippen molar-refractivity contribution in [3.8, 4) is 0 Å². The molecule has 1 fully saturated rings. The van der Waals surface area contributed by atoms with Crippen molar-refractivity contribution in [1.82, 2.24) is 4.90 Å². The minimum Gasteiger partial charge on any atom is -0.465 e. The van der Waals surface area contributed by atoms with Gasteiger partial charge >= 0.3 is 5.97 Å². The molecule has 1 aromatic carbocycles. The maximum absolute atomic E-state index is 12.0. The summed E-state index contributed by atoms with van der Waals surface area (Å²) < 4.78 is 5.11. The van der Waals surface area contributed by atoms with Crippen LogP contribution in [-0.2, 0) is 16.1 Å². The molecule has 114 valence electrons. The van der Waals surface area contributed by atoms with Crippen LogP contribution in [0.15, 0.2) is 24.3 Å². The summed E-state index contributed by atoms with van der Waals surface area (Å²) >= 11 is 0. The zero-order valence-corrected chi connectivity index (χ0v) is 12.2. The number of hydrogen-bond acceptors (Lipinski definition) is 5. The van der Waals surface area contributed by atoms with Gasteiger partial charge in [0.1, 0.15) is 6.04 Å². The summed E-state index contributed by atoms with van der Waals surface area (Å²) in [7, 11) is 0. The van der Waals surface area contributed by atoms with E-state index in [0.717, 1.165) is 25.8 Å². The lowest BCUT2D eigenvalue weighted by molar-refractivity contribution is -0.385. The van der Waals surface area contributed by atoms with Gasteiger partial charge in [-0.3, -0.25) is 19.8 Å². The van der Waals surface area contributed by atoms with Crippen LogP contribution in [0.1, 0.15) is 31.7 Å². The summed E-state index contributed by atoms with van der Waals surface area (Å²) in [5.74, 6) is -0.226. The SMILES string of the molecule is CCOC(=O)[C@@H]1CCCCN1Cc1ccccc1[N+](=O)[O-]. The fourth-order valence-corrected chi connectivity index (χ4v) is 2.73. The molecule has 1 aliphatic heterocycles. The second-order valence-electron chi connectivity index (χ2n) is 5.12. The average molecular weight is 292 g/mol. The van der Waals surface area contributed by atoms with Gasteiger partial charge in [0.05, 0.1) is 11.5 Å². The van der Waals surface area contributed by atoms with Crippen LogP contribution in [0.25, 0.3) is 0 Å². The molecule has 1 aliphatic rings. The number of carbonyl (C=O) groups is 1. The number of likely N-dealkylation sites (tertiary alicyclic amines) is 1. The van der Waals surface area contributed by atoms with Gasteiger partial charge in [-0.05, 0) is 26.3 Å². The highest BCUT2D eigenvalue weighted by Crippen LogP contribution is 2.25. The number of hydrogen-bond donors (Lipinski definition) is 0. The highest BCUT2D eigenvalue weighted by atomic mass is 16.6. The molecule has 1 heterocycles. The lowest BCUT2D eigenvalue weighted by atomic mass is 10.0. The molecular weight excluding hydrogens is 272 g/mol. The minimum absolute atomic E-state index is 0.102. The molecule has 1 atom stereocenters. The molecule has 0 N–H and O–H groups in total. The van der Waals surface area contributed by atoms with E-state index in [2.05, 4.69) is 0 Å². The molecule has 1 saturated heterocycles. The van der Waals surface area contributed by atoms with E-state index in [-0.39, 0.29) is 22.6 Å². The molecule has 0 aromatic heterocycles. The van der Waals surface area contributed by atoms with Crippen LogP contribution < -0.4 is 0 Å². The van der Waals surface area contributed by atoms with Gasteiger partial charge in [-0.1, -0.05) is 24.6 Å². The van der Waals surface area contributed by atoms with Crippen LogP contribution in [0, 0.1) is 10.1 Å². The molecule has 0 unspecified atom stereocenters. The predicted molar refractivity (Wildman–Crippen MR) is 77.8 cm³/mol.